The molecule has 0 fully saturated rings. The number of amides is 1. The van der Waals surface area contributed by atoms with Crippen molar-refractivity contribution in [2.75, 3.05) is 0 Å². The molecule has 2 rings (SSSR count). The first-order valence-electron chi connectivity index (χ1n) is 8.40. The minimum Gasteiger partial charge on any atom is -0.478 e. The van der Waals surface area contributed by atoms with Crippen molar-refractivity contribution in [2.24, 2.45) is 0 Å². The van der Waals surface area contributed by atoms with Crippen molar-refractivity contribution < 1.29 is 28.2 Å². The second kappa shape index (κ2) is 7.87. The van der Waals surface area contributed by atoms with Crippen LogP contribution in [-0.2, 0) is 17.2 Å². The van der Waals surface area contributed by atoms with Gasteiger partial charge in [0.05, 0.1) is 5.56 Å². The van der Waals surface area contributed by atoms with Crippen LogP contribution in [0.15, 0.2) is 30.6 Å². The summed E-state index contributed by atoms with van der Waals surface area (Å²) in [6, 6.07) is 4.41. The van der Waals surface area contributed by atoms with Crippen LogP contribution >= 0.6 is 0 Å². The van der Waals surface area contributed by atoms with Gasteiger partial charge in [-0.2, -0.15) is 8.78 Å². The highest BCUT2D eigenvalue weighted by molar-refractivity contribution is 5.90. The van der Waals surface area contributed by atoms with Gasteiger partial charge in [-0.25, -0.2) is 19.6 Å². The van der Waals surface area contributed by atoms with Crippen molar-refractivity contribution in [1.29, 1.82) is 0 Å². The molecule has 1 aromatic heterocycles. The molecule has 1 heterocycles. The molecule has 7 nitrogen and oxygen atoms in total. The summed E-state index contributed by atoms with van der Waals surface area (Å²) >= 11 is 0. The largest absolute Gasteiger partial charge is 0.478 e. The van der Waals surface area contributed by atoms with E-state index in [1.54, 1.807) is 20.8 Å². The third-order valence-electron chi connectivity index (χ3n) is 3.54. The molecule has 0 aliphatic heterocycles. The van der Waals surface area contributed by atoms with Gasteiger partial charge in [0.25, 0.3) is 0 Å². The molecule has 2 N–H and O–H groups in total. The molecule has 1 amide bonds. The second-order valence-corrected chi connectivity index (χ2v) is 7.22. The summed E-state index contributed by atoms with van der Waals surface area (Å²) in [6.45, 7) is 5.73. The second-order valence-electron chi connectivity index (χ2n) is 7.22. The fourth-order valence-corrected chi connectivity index (χ4v) is 2.31. The zero-order valence-corrected chi connectivity index (χ0v) is 15.9. The lowest BCUT2D eigenvalue weighted by molar-refractivity contribution is 0.00768. The first kappa shape index (κ1) is 21.2. The molecule has 0 radical (unpaired) electrons. The highest BCUT2D eigenvalue weighted by atomic mass is 19.3. The molecule has 0 aliphatic rings. The average Bonchev–Trinajstić information content (AvgIpc) is 2.57. The molecule has 0 unspecified atom stereocenters. The van der Waals surface area contributed by atoms with E-state index in [4.69, 9.17) is 4.74 Å². The standard InChI is InChI=1S/C19H21F2N3O4/c1-18(2,3)28-17(27)24-8-12-7-11(5-6-14(12)15(25)26)13-9-22-16(23-10-13)19(4,20)21/h5-7,9-10H,8H2,1-4H3,(H,24,27)(H,25,26). The predicted molar refractivity (Wildman–Crippen MR) is 97.1 cm³/mol. The van der Waals surface area contributed by atoms with Crippen LogP contribution in [0.4, 0.5) is 13.6 Å². The fourth-order valence-electron chi connectivity index (χ4n) is 2.31. The number of carbonyl (C=O) groups excluding carboxylic acids is 1. The highest BCUT2D eigenvalue weighted by Crippen LogP contribution is 2.26. The minimum absolute atomic E-state index is 0.00237. The van der Waals surface area contributed by atoms with Gasteiger partial charge in [-0.1, -0.05) is 6.07 Å². The van der Waals surface area contributed by atoms with Crippen LogP contribution < -0.4 is 5.32 Å². The van der Waals surface area contributed by atoms with Crippen LogP contribution in [0.5, 0.6) is 0 Å². The van der Waals surface area contributed by atoms with Crippen molar-refractivity contribution in [3.63, 3.8) is 0 Å². The van der Waals surface area contributed by atoms with Crippen molar-refractivity contribution in [1.82, 2.24) is 15.3 Å². The molecule has 0 atom stereocenters. The van der Waals surface area contributed by atoms with Crippen LogP contribution in [0.2, 0.25) is 0 Å². The summed E-state index contributed by atoms with van der Waals surface area (Å²) in [5, 5.41) is 11.9. The summed E-state index contributed by atoms with van der Waals surface area (Å²) in [4.78, 5) is 30.6. The highest BCUT2D eigenvalue weighted by Gasteiger charge is 2.27. The van der Waals surface area contributed by atoms with Crippen LogP contribution in [-0.4, -0.2) is 32.7 Å². The number of nitrogens with zero attached hydrogens (tertiary/aromatic N) is 2. The summed E-state index contributed by atoms with van der Waals surface area (Å²) in [6.07, 6.45) is 1.79. The van der Waals surface area contributed by atoms with E-state index in [1.807, 2.05) is 0 Å². The Morgan fingerprint density at radius 1 is 1.11 bits per heavy atom. The molecule has 0 saturated carbocycles. The molecular formula is C19H21F2N3O4. The number of aromatic carboxylic acids is 1. The summed E-state index contributed by atoms with van der Waals surface area (Å²) < 4.78 is 31.6. The third-order valence-corrected chi connectivity index (χ3v) is 3.54. The van der Waals surface area contributed by atoms with Crippen molar-refractivity contribution in [2.45, 2.75) is 45.8 Å². The Bertz CT molecular complexity index is 872. The van der Waals surface area contributed by atoms with Crippen LogP contribution in [0.25, 0.3) is 11.1 Å². The molecule has 0 spiro atoms. The number of hydrogen-bond acceptors (Lipinski definition) is 5. The SMILES string of the molecule is CC(C)(C)OC(=O)NCc1cc(-c2cnc(C(C)(F)F)nc2)ccc1C(=O)O. The molecule has 0 aliphatic carbocycles. The van der Waals surface area contributed by atoms with E-state index in [9.17, 15) is 23.5 Å². The smallest absolute Gasteiger partial charge is 0.407 e. The number of alkyl carbamates (subject to hydrolysis) is 1. The molecule has 28 heavy (non-hydrogen) atoms. The number of alkyl halides is 2. The molecular weight excluding hydrogens is 372 g/mol. The Balaban J connectivity index is 2.27. The maximum atomic E-state index is 13.2. The number of ether oxygens (including phenoxy) is 1. The lowest BCUT2D eigenvalue weighted by Crippen LogP contribution is -2.32. The number of carbonyl (C=O) groups is 2. The average molecular weight is 393 g/mol. The van der Waals surface area contributed by atoms with Crippen LogP contribution in [0.1, 0.15) is 49.4 Å². The van der Waals surface area contributed by atoms with E-state index in [2.05, 4.69) is 15.3 Å². The monoisotopic (exact) mass is 393 g/mol. The Kier molecular flexibility index (Phi) is 5.96. The molecule has 0 bridgehead atoms. The van der Waals surface area contributed by atoms with Crippen molar-refractivity contribution in [3.8, 4) is 11.1 Å². The Morgan fingerprint density at radius 3 is 2.21 bits per heavy atom. The van der Waals surface area contributed by atoms with Crippen molar-refractivity contribution >= 4 is 12.1 Å². The van der Waals surface area contributed by atoms with Gasteiger partial charge >= 0.3 is 18.0 Å². The normalized spacial score (nSPS) is 11.8. The zero-order chi connectivity index (χ0) is 21.1. The van der Waals surface area contributed by atoms with E-state index in [1.165, 1.54) is 30.6 Å². The number of nitrogens with one attached hydrogen (secondary N) is 1. The number of carboxylic acid groups (broad SMARTS) is 1. The summed E-state index contributed by atoms with van der Waals surface area (Å²) in [5.74, 6) is -4.93. The lowest BCUT2D eigenvalue weighted by atomic mass is 10.0. The Morgan fingerprint density at radius 2 is 1.71 bits per heavy atom. The fraction of sp³-hybridized carbons (Fsp3) is 0.368. The molecule has 150 valence electrons. The van der Waals surface area contributed by atoms with E-state index in [0.717, 1.165) is 0 Å². The van der Waals surface area contributed by atoms with Gasteiger partial charge in [-0.15, -0.1) is 0 Å². The number of rotatable bonds is 5. The van der Waals surface area contributed by atoms with Gasteiger partial charge < -0.3 is 15.2 Å². The van der Waals surface area contributed by atoms with E-state index >= 15 is 0 Å². The summed E-state index contributed by atoms with van der Waals surface area (Å²) in [5.41, 5.74) is 0.584. The lowest BCUT2D eigenvalue weighted by Gasteiger charge is -2.20. The van der Waals surface area contributed by atoms with Gasteiger partial charge in [-0.3, -0.25) is 0 Å². The number of hydrogen-bond donors (Lipinski definition) is 2. The van der Waals surface area contributed by atoms with Gasteiger partial charge in [0, 0.05) is 31.4 Å². The zero-order valence-electron chi connectivity index (χ0n) is 15.9. The number of carboxylic acids is 1. The molecule has 0 saturated heterocycles. The Labute approximate surface area is 160 Å². The topological polar surface area (TPSA) is 101 Å². The molecule has 2 aromatic rings. The maximum Gasteiger partial charge on any atom is 0.407 e. The van der Waals surface area contributed by atoms with Gasteiger partial charge in [0.1, 0.15) is 5.60 Å². The number of halogens is 2. The number of aromatic nitrogens is 2. The molecule has 9 heteroatoms. The van der Waals surface area contributed by atoms with Gasteiger partial charge in [-0.05, 0) is 44.0 Å². The van der Waals surface area contributed by atoms with Crippen LogP contribution in [0, 0.1) is 0 Å². The molecule has 1 aromatic carbocycles. The maximum absolute atomic E-state index is 13.2. The summed E-state index contributed by atoms with van der Waals surface area (Å²) in [7, 11) is 0. The first-order chi connectivity index (χ1) is 12.9. The van der Waals surface area contributed by atoms with Gasteiger partial charge in [0.2, 0.25) is 0 Å². The van der Waals surface area contributed by atoms with E-state index in [-0.39, 0.29) is 12.1 Å². The van der Waals surface area contributed by atoms with E-state index < -0.39 is 29.4 Å². The quantitative estimate of drug-likeness (QED) is 0.797. The van der Waals surface area contributed by atoms with Crippen LogP contribution in [0.3, 0.4) is 0 Å². The predicted octanol–water partition coefficient (Wildman–Crippen LogP) is 3.98. The number of benzene rings is 1. The van der Waals surface area contributed by atoms with Crippen molar-refractivity contribution in [3.05, 3.63) is 47.5 Å². The van der Waals surface area contributed by atoms with Gasteiger partial charge in [0.15, 0.2) is 5.82 Å². The first-order valence-corrected chi connectivity index (χ1v) is 8.40. The third kappa shape index (κ3) is 5.70. The minimum atomic E-state index is -3.16. The van der Waals surface area contributed by atoms with E-state index in [0.29, 0.717) is 23.6 Å². The Hall–Kier alpha value is -3.10.